The van der Waals surface area contributed by atoms with Gasteiger partial charge in [0.15, 0.2) is 0 Å². The van der Waals surface area contributed by atoms with Crippen molar-refractivity contribution in [1.29, 1.82) is 0 Å². The van der Waals surface area contributed by atoms with Crippen LogP contribution in [0.25, 0.3) is 0 Å². The molecule has 1 fully saturated rings. The third-order valence-corrected chi connectivity index (χ3v) is 4.15. The Morgan fingerprint density at radius 3 is 2.58 bits per heavy atom. The lowest BCUT2D eigenvalue weighted by Gasteiger charge is -2.33. The average molecular weight is 263 g/mol. The molecular weight excluding hydrogens is 238 g/mol. The van der Waals surface area contributed by atoms with E-state index in [4.69, 9.17) is 4.74 Å². The SMILES string of the molecule is COc1ccc(C)cc1CN(C)C1CCC(O)CC1. The van der Waals surface area contributed by atoms with Crippen molar-refractivity contribution >= 4 is 0 Å². The molecular formula is C16H25NO2. The summed E-state index contributed by atoms with van der Waals surface area (Å²) in [6.07, 6.45) is 3.95. The van der Waals surface area contributed by atoms with Gasteiger partial charge in [0.05, 0.1) is 13.2 Å². The third-order valence-electron chi connectivity index (χ3n) is 4.15. The summed E-state index contributed by atoms with van der Waals surface area (Å²) >= 11 is 0. The van der Waals surface area contributed by atoms with Gasteiger partial charge >= 0.3 is 0 Å². The summed E-state index contributed by atoms with van der Waals surface area (Å²) in [5, 5.41) is 9.58. The number of rotatable bonds is 4. The van der Waals surface area contributed by atoms with Crippen molar-refractivity contribution in [3.05, 3.63) is 29.3 Å². The summed E-state index contributed by atoms with van der Waals surface area (Å²) in [7, 11) is 3.90. The molecule has 1 N–H and O–H groups in total. The van der Waals surface area contributed by atoms with Gasteiger partial charge in [-0.1, -0.05) is 17.7 Å². The molecule has 0 bridgehead atoms. The molecule has 1 aliphatic carbocycles. The van der Waals surface area contributed by atoms with Crippen LogP contribution in [0, 0.1) is 6.92 Å². The molecule has 0 amide bonds. The molecule has 0 aromatic heterocycles. The number of aliphatic hydroxyl groups is 1. The first-order valence-corrected chi connectivity index (χ1v) is 7.12. The van der Waals surface area contributed by atoms with Crippen molar-refractivity contribution < 1.29 is 9.84 Å². The molecule has 0 atom stereocenters. The lowest BCUT2D eigenvalue weighted by molar-refractivity contribution is 0.0815. The van der Waals surface area contributed by atoms with Gasteiger partial charge in [0.25, 0.3) is 0 Å². The monoisotopic (exact) mass is 263 g/mol. The van der Waals surface area contributed by atoms with Gasteiger partial charge in [-0.05, 0) is 45.7 Å². The molecule has 19 heavy (non-hydrogen) atoms. The van der Waals surface area contributed by atoms with Gasteiger partial charge in [-0.25, -0.2) is 0 Å². The number of nitrogens with zero attached hydrogens (tertiary/aromatic N) is 1. The molecule has 1 saturated carbocycles. The summed E-state index contributed by atoms with van der Waals surface area (Å²) in [5.41, 5.74) is 2.51. The number of aliphatic hydroxyl groups excluding tert-OH is 1. The van der Waals surface area contributed by atoms with Crippen LogP contribution in [0.3, 0.4) is 0 Å². The maximum atomic E-state index is 9.58. The fourth-order valence-corrected chi connectivity index (χ4v) is 2.93. The molecule has 0 saturated heterocycles. The first kappa shape index (κ1) is 14.4. The van der Waals surface area contributed by atoms with Crippen LogP contribution in [0.4, 0.5) is 0 Å². The van der Waals surface area contributed by atoms with E-state index >= 15 is 0 Å². The van der Waals surface area contributed by atoms with E-state index in [9.17, 15) is 5.11 Å². The molecule has 0 radical (unpaired) electrons. The Balaban J connectivity index is 2.02. The molecule has 3 heteroatoms. The summed E-state index contributed by atoms with van der Waals surface area (Å²) in [4.78, 5) is 2.39. The van der Waals surface area contributed by atoms with Crippen LogP contribution in [0.1, 0.15) is 36.8 Å². The standard InChI is InChI=1S/C16H25NO2/c1-12-4-9-16(19-3)13(10-12)11-17(2)14-5-7-15(18)8-6-14/h4,9-10,14-15,18H,5-8,11H2,1-3H3. The second kappa shape index (κ2) is 6.40. The first-order valence-electron chi connectivity index (χ1n) is 7.12. The van der Waals surface area contributed by atoms with E-state index in [1.807, 2.05) is 6.07 Å². The zero-order chi connectivity index (χ0) is 13.8. The highest BCUT2D eigenvalue weighted by molar-refractivity contribution is 5.36. The number of hydrogen-bond acceptors (Lipinski definition) is 3. The maximum Gasteiger partial charge on any atom is 0.123 e. The molecule has 0 spiro atoms. The quantitative estimate of drug-likeness (QED) is 0.906. The Bertz CT molecular complexity index is 411. The minimum absolute atomic E-state index is 0.0850. The average Bonchev–Trinajstić information content (AvgIpc) is 2.39. The maximum absolute atomic E-state index is 9.58. The molecule has 1 aromatic rings. The van der Waals surface area contributed by atoms with Crippen molar-refractivity contribution in [2.45, 2.75) is 51.3 Å². The second-order valence-electron chi connectivity index (χ2n) is 5.69. The first-order chi connectivity index (χ1) is 9.10. The molecule has 0 heterocycles. The predicted molar refractivity (Wildman–Crippen MR) is 77.5 cm³/mol. The molecule has 2 rings (SSSR count). The summed E-state index contributed by atoms with van der Waals surface area (Å²) in [6, 6.07) is 6.91. The number of hydrogen-bond donors (Lipinski definition) is 1. The van der Waals surface area contributed by atoms with Gasteiger partial charge in [-0.15, -0.1) is 0 Å². The van der Waals surface area contributed by atoms with Crippen molar-refractivity contribution in [2.75, 3.05) is 14.2 Å². The van der Waals surface area contributed by atoms with Crippen molar-refractivity contribution in [2.24, 2.45) is 0 Å². The number of benzene rings is 1. The zero-order valence-electron chi connectivity index (χ0n) is 12.2. The predicted octanol–water partition coefficient (Wildman–Crippen LogP) is 2.74. The number of ether oxygens (including phenoxy) is 1. The minimum Gasteiger partial charge on any atom is -0.496 e. The van der Waals surface area contributed by atoms with Gasteiger partial charge in [-0.2, -0.15) is 0 Å². The van der Waals surface area contributed by atoms with E-state index in [2.05, 4.69) is 31.0 Å². The van der Waals surface area contributed by atoms with Crippen LogP contribution in [-0.2, 0) is 6.54 Å². The van der Waals surface area contributed by atoms with Crippen molar-refractivity contribution in [3.8, 4) is 5.75 Å². The fraction of sp³-hybridized carbons (Fsp3) is 0.625. The molecule has 1 aliphatic rings. The fourth-order valence-electron chi connectivity index (χ4n) is 2.93. The van der Waals surface area contributed by atoms with E-state index in [0.717, 1.165) is 38.0 Å². The van der Waals surface area contributed by atoms with E-state index in [1.54, 1.807) is 7.11 Å². The normalized spacial score (nSPS) is 23.6. The van der Waals surface area contributed by atoms with Crippen LogP contribution in [0.15, 0.2) is 18.2 Å². The van der Waals surface area contributed by atoms with Crippen LogP contribution >= 0.6 is 0 Å². The van der Waals surface area contributed by atoms with Gasteiger partial charge < -0.3 is 9.84 Å². The molecule has 0 unspecified atom stereocenters. The van der Waals surface area contributed by atoms with Gasteiger partial charge in [-0.3, -0.25) is 4.90 Å². The Morgan fingerprint density at radius 1 is 1.26 bits per heavy atom. The Morgan fingerprint density at radius 2 is 1.95 bits per heavy atom. The van der Waals surface area contributed by atoms with Crippen LogP contribution < -0.4 is 4.74 Å². The van der Waals surface area contributed by atoms with Gasteiger partial charge in [0.2, 0.25) is 0 Å². The lowest BCUT2D eigenvalue weighted by Crippen LogP contribution is -2.36. The Labute approximate surface area is 116 Å². The van der Waals surface area contributed by atoms with Gasteiger partial charge in [0, 0.05) is 18.2 Å². The molecule has 106 valence electrons. The van der Waals surface area contributed by atoms with E-state index < -0.39 is 0 Å². The van der Waals surface area contributed by atoms with E-state index in [1.165, 1.54) is 11.1 Å². The van der Waals surface area contributed by atoms with Gasteiger partial charge in [0.1, 0.15) is 5.75 Å². The third kappa shape index (κ3) is 3.71. The highest BCUT2D eigenvalue weighted by atomic mass is 16.5. The highest BCUT2D eigenvalue weighted by Gasteiger charge is 2.23. The molecule has 3 nitrogen and oxygen atoms in total. The summed E-state index contributed by atoms with van der Waals surface area (Å²) < 4.78 is 5.44. The summed E-state index contributed by atoms with van der Waals surface area (Å²) in [5.74, 6) is 0.966. The Hall–Kier alpha value is -1.06. The van der Waals surface area contributed by atoms with Crippen molar-refractivity contribution in [3.63, 3.8) is 0 Å². The Kier molecular flexibility index (Phi) is 4.83. The highest BCUT2D eigenvalue weighted by Crippen LogP contribution is 2.26. The smallest absolute Gasteiger partial charge is 0.123 e. The molecule has 1 aromatic carbocycles. The number of methoxy groups -OCH3 is 1. The minimum atomic E-state index is -0.0850. The van der Waals surface area contributed by atoms with E-state index in [-0.39, 0.29) is 6.10 Å². The summed E-state index contributed by atoms with van der Waals surface area (Å²) in [6.45, 7) is 3.02. The zero-order valence-corrected chi connectivity index (χ0v) is 12.2. The largest absolute Gasteiger partial charge is 0.496 e. The van der Waals surface area contributed by atoms with Crippen LogP contribution in [-0.4, -0.2) is 36.3 Å². The van der Waals surface area contributed by atoms with Crippen LogP contribution in [0.5, 0.6) is 5.75 Å². The van der Waals surface area contributed by atoms with Crippen molar-refractivity contribution in [1.82, 2.24) is 4.90 Å². The lowest BCUT2D eigenvalue weighted by atomic mass is 9.92. The molecule has 0 aliphatic heterocycles. The topological polar surface area (TPSA) is 32.7 Å². The van der Waals surface area contributed by atoms with Crippen LogP contribution in [0.2, 0.25) is 0 Å². The number of aryl methyl sites for hydroxylation is 1. The van der Waals surface area contributed by atoms with E-state index in [0.29, 0.717) is 6.04 Å². The second-order valence-corrected chi connectivity index (χ2v) is 5.69.